The van der Waals surface area contributed by atoms with E-state index in [0.29, 0.717) is 11.0 Å². The van der Waals surface area contributed by atoms with E-state index in [1.165, 1.54) is 22.5 Å². The molecule has 6 heteroatoms. The van der Waals surface area contributed by atoms with Gasteiger partial charge in [0.1, 0.15) is 0 Å². The maximum atomic E-state index is 12.5. The van der Waals surface area contributed by atoms with Crippen molar-refractivity contribution in [3.63, 3.8) is 0 Å². The molecule has 2 aromatic heterocycles. The Labute approximate surface area is 161 Å². The van der Waals surface area contributed by atoms with E-state index in [9.17, 15) is 4.79 Å². The molecule has 1 aromatic carbocycles. The third kappa shape index (κ3) is 3.57. The van der Waals surface area contributed by atoms with Crippen LogP contribution in [0.15, 0.2) is 41.8 Å². The molecule has 0 spiro atoms. The van der Waals surface area contributed by atoms with Crippen molar-refractivity contribution in [1.29, 1.82) is 0 Å². The van der Waals surface area contributed by atoms with Crippen molar-refractivity contribution >= 4 is 33.7 Å². The van der Waals surface area contributed by atoms with E-state index in [1.807, 2.05) is 17.5 Å². The summed E-state index contributed by atoms with van der Waals surface area (Å²) in [4.78, 5) is 13.6. The van der Waals surface area contributed by atoms with Crippen LogP contribution in [-0.2, 0) is 10.2 Å². The summed E-state index contributed by atoms with van der Waals surface area (Å²) >= 11 is 3.04. The average molecular weight is 384 g/mol. The van der Waals surface area contributed by atoms with Crippen molar-refractivity contribution in [1.82, 2.24) is 10.2 Å². The smallest absolute Gasteiger partial charge is 0.229 e. The highest BCUT2D eigenvalue weighted by atomic mass is 32.1. The highest BCUT2D eigenvalue weighted by Crippen LogP contribution is 2.48. The number of carbonyl (C=O) groups is 1. The SMILES string of the molecule is CC(C)(C)c1ccc(C2CC2C(=O)Nc2nnc(-c3cccs3)s2)cc1. The number of benzene rings is 1. The molecule has 4 rings (SSSR count). The van der Waals surface area contributed by atoms with Crippen molar-refractivity contribution in [2.75, 3.05) is 5.32 Å². The monoisotopic (exact) mass is 383 g/mol. The number of nitrogens with zero attached hydrogens (tertiary/aromatic N) is 2. The summed E-state index contributed by atoms with van der Waals surface area (Å²) in [5, 5.41) is 14.6. The van der Waals surface area contributed by atoms with Gasteiger partial charge in [-0.25, -0.2) is 0 Å². The molecule has 2 heterocycles. The van der Waals surface area contributed by atoms with Crippen LogP contribution in [0.4, 0.5) is 5.13 Å². The van der Waals surface area contributed by atoms with Crippen molar-refractivity contribution in [2.24, 2.45) is 5.92 Å². The first kappa shape index (κ1) is 17.4. The molecule has 26 heavy (non-hydrogen) atoms. The number of thiophene rings is 1. The van der Waals surface area contributed by atoms with Gasteiger partial charge in [0.2, 0.25) is 11.0 Å². The summed E-state index contributed by atoms with van der Waals surface area (Å²) in [6, 6.07) is 12.7. The van der Waals surface area contributed by atoms with Gasteiger partial charge < -0.3 is 5.32 Å². The first-order valence-corrected chi connectivity index (χ1v) is 10.4. The van der Waals surface area contributed by atoms with E-state index in [-0.39, 0.29) is 17.2 Å². The van der Waals surface area contributed by atoms with Crippen LogP contribution in [-0.4, -0.2) is 16.1 Å². The van der Waals surface area contributed by atoms with Gasteiger partial charge in [-0.15, -0.1) is 21.5 Å². The maximum absolute atomic E-state index is 12.5. The lowest BCUT2D eigenvalue weighted by atomic mass is 9.86. The molecule has 1 amide bonds. The maximum Gasteiger partial charge on any atom is 0.229 e. The van der Waals surface area contributed by atoms with Crippen LogP contribution in [0.1, 0.15) is 44.2 Å². The Morgan fingerprint density at radius 3 is 2.58 bits per heavy atom. The standard InChI is InChI=1S/C20H21N3OS2/c1-20(2,3)13-8-6-12(7-9-13)14-11-15(14)17(24)21-19-23-22-18(26-19)16-5-4-10-25-16/h4-10,14-15H,11H2,1-3H3,(H,21,23,24). The van der Waals surface area contributed by atoms with Crippen molar-refractivity contribution in [3.8, 4) is 9.88 Å². The third-order valence-electron chi connectivity index (χ3n) is 4.72. The number of carbonyl (C=O) groups excluding carboxylic acids is 1. The molecule has 1 saturated carbocycles. The van der Waals surface area contributed by atoms with Gasteiger partial charge in [0.25, 0.3) is 0 Å². The molecule has 0 bridgehead atoms. The summed E-state index contributed by atoms with van der Waals surface area (Å²) in [7, 11) is 0. The van der Waals surface area contributed by atoms with Gasteiger partial charge in [-0.2, -0.15) is 0 Å². The summed E-state index contributed by atoms with van der Waals surface area (Å²) in [5.41, 5.74) is 2.71. The Morgan fingerprint density at radius 1 is 1.15 bits per heavy atom. The predicted molar refractivity (Wildman–Crippen MR) is 108 cm³/mol. The topological polar surface area (TPSA) is 54.9 Å². The van der Waals surface area contributed by atoms with E-state index in [2.05, 4.69) is 60.6 Å². The summed E-state index contributed by atoms with van der Waals surface area (Å²) in [6.07, 6.45) is 0.900. The van der Waals surface area contributed by atoms with E-state index in [1.54, 1.807) is 11.3 Å². The second kappa shape index (κ2) is 6.59. The fraction of sp³-hybridized carbons (Fsp3) is 0.350. The largest absolute Gasteiger partial charge is 0.300 e. The van der Waals surface area contributed by atoms with E-state index >= 15 is 0 Å². The Bertz CT molecular complexity index is 907. The number of anilines is 1. The molecule has 1 fully saturated rings. The number of hydrogen-bond acceptors (Lipinski definition) is 5. The second-order valence-electron chi connectivity index (χ2n) is 7.70. The molecular formula is C20H21N3OS2. The van der Waals surface area contributed by atoms with Crippen LogP contribution in [0.25, 0.3) is 9.88 Å². The normalized spacial score (nSPS) is 19.3. The molecule has 4 nitrogen and oxygen atoms in total. The molecule has 134 valence electrons. The molecule has 3 aromatic rings. The molecule has 2 unspecified atom stereocenters. The zero-order chi connectivity index (χ0) is 18.3. The second-order valence-corrected chi connectivity index (χ2v) is 9.62. The van der Waals surface area contributed by atoms with E-state index in [4.69, 9.17) is 0 Å². The molecule has 1 N–H and O–H groups in total. The van der Waals surface area contributed by atoms with Gasteiger partial charge >= 0.3 is 0 Å². The van der Waals surface area contributed by atoms with Crippen molar-refractivity contribution < 1.29 is 4.79 Å². The van der Waals surface area contributed by atoms with Crippen molar-refractivity contribution in [2.45, 2.75) is 38.5 Å². The quantitative estimate of drug-likeness (QED) is 0.664. The molecule has 1 aliphatic carbocycles. The van der Waals surface area contributed by atoms with Crippen LogP contribution >= 0.6 is 22.7 Å². The summed E-state index contributed by atoms with van der Waals surface area (Å²) < 4.78 is 0. The number of nitrogens with one attached hydrogen (secondary N) is 1. The average Bonchev–Trinajstić information content (AvgIpc) is 3.00. The van der Waals surface area contributed by atoms with Crippen LogP contribution < -0.4 is 5.32 Å². The highest BCUT2D eigenvalue weighted by Gasteiger charge is 2.44. The molecule has 0 saturated heterocycles. The summed E-state index contributed by atoms with van der Waals surface area (Å²) in [5.74, 6) is 0.391. The van der Waals surface area contributed by atoms with Crippen LogP contribution in [0.5, 0.6) is 0 Å². The van der Waals surface area contributed by atoms with Gasteiger partial charge in [0.05, 0.1) is 4.88 Å². The van der Waals surface area contributed by atoms with Crippen LogP contribution in [0.3, 0.4) is 0 Å². The van der Waals surface area contributed by atoms with Gasteiger partial charge in [0.15, 0.2) is 5.01 Å². The molecular weight excluding hydrogens is 362 g/mol. The number of aromatic nitrogens is 2. The molecule has 2 atom stereocenters. The number of rotatable bonds is 4. The summed E-state index contributed by atoms with van der Waals surface area (Å²) in [6.45, 7) is 6.63. The Hall–Kier alpha value is -2.05. The van der Waals surface area contributed by atoms with Gasteiger partial charge in [0, 0.05) is 5.92 Å². The number of hydrogen-bond donors (Lipinski definition) is 1. The van der Waals surface area contributed by atoms with Gasteiger partial charge in [-0.3, -0.25) is 4.79 Å². The molecule has 1 aliphatic rings. The van der Waals surface area contributed by atoms with Gasteiger partial charge in [-0.1, -0.05) is 62.4 Å². The lowest BCUT2D eigenvalue weighted by molar-refractivity contribution is -0.117. The third-order valence-corrected chi connectivity index (χ3v) is 6.60. The Balaban J connectivity index is 1.38. The predicted octanol–water partition coefficient (Wildman–Crippen LogP) is 5.31. The van der Waals surface area contributed by atoms with Crippen LogP contribution in [0, 0.1) is 5.92 Å². The first-order valence-electron chi connectivity index (χ1n) is 8.70. The zero-order valence-corrected chi connectivity index (χ0v) is 16.7. The zero-order valence-electron chi connectivity index (χ0n) is 15.0. The minimum atomic E-state index is 0.0320. The molecule has 0 aliphatic heterocycles. The Kier molecular flexibility index (Phi) is 4.40. The van der Waals surface area contributed by atoms with Crippen molar-refractivity contribution in [3.05, 3.63) is 52.9 Å². The minimum Gasteiger partial charge on any atom is -0.300 e. The van der Waals surface area contributed by atoms with Gasteiger partial charge in [-0.05, 0) is 40.3 Å². The fourth-order valence-corrected chi connectivity index (χ4v) is 4.59. The fourth-order valence-electron chi connectivity index (χ4n) is 3.06. The van der Waals surface area contributed by atoms with E-state index in [0.717, 1.165) is 16.3 Å². The molecule has 0 radical (unpaired) electrons. The first-order chi connectivity index (χ1) is 12.4. The Morgan fingerprint density at radius 2 is 1.92 bits per heavy atom. The lowest BCUT2D eigenvalue weighted by Crippen LogP contribution is -2.14. The number of amides is 1. The van der Waals surface area contributed by atoms with Crippen LogP contribution in [0.2, 0.25) is 0 Å². The lowest BCUT2D eigenvalue weighted by Gasteiger charge is -2.19. The highest BCUT2D eigenvalue weighted by molar-refractivity contribution is 7.23. The minimum absolute atomic E-state index is 0.0320. The van der Waals surface area contributed by atoms with E-state index < -0.39 is 0 Å².